The zero-order valence-corrected chi connectivity index (χ0v) is 10.5. The van der Waals surface area contributed by atoms with E-state index in [1.54, 1.807) is 0 Å². The van der Waals surface area contributed by atoms with Crippen molar-refractivity contribution in [1.29, 1.82) is 0 Å². The first-order valence-electron chi connectivity index (χ1n) is 5.22. The minimum absolute atomic E-state index is 0.00713. The Morgan fingerprint density at radius 2 is 2.12 bits per heavy atom. The van der Waals surface area contributed by atoms with Crippen LogP contribution in [0.25, 0.3) is 0 Å². The second-order valence-corrected chi connectivity index (χ2v) is 5.26. The third kappa shape index (κ3) is 2.51. The molecule has 1 aliphatic rings. The SMILES string of the molecule is CC1(Nc2cc(C(F)F)cc(Br)n2)CCC1. The predicted octanol–water partition coefficient (Wildman–Crippen LogP) is 4.14. The van der Waals surface area contributed by atoms with Crippen molar-refractivity contribution in [3.63, 3.8) is 0 Å². The molecule has 0 saturated heterocycles. The van der Waals surface area contributed by atoms with Crippen LogP contribution in [0, 0.1) is 0 Å². The molecule has 0 aliphatic heterocycles. The van der Waals surface area contributed by atoms with Gasteiger partial charge in [0.1, 0.15) is 10.4 Å². The summed E-state index contributed by atoms with van der Waals surface area (Å²) in [6, 6.07) is 2.76. The molecule has 0 radical (unpaired) electrons. The van der Waals surface area contributed by atoms with Crippen LogP contribution in [0.15, 0.2) is 16.7 Å². The highest BCUT2D eigenvalue weighted by molar-refractivity contribution is 9.10. The van der Waals surface area contributed by atoms with Crippen LogP contribution >= 0.6 is 15.9 Å². The standard InChI is InChI=1S/C11H13BrF2N2/c1-11(3-2-4-11)16-9-6-7(10(13)14)5-8(12)15-9/h5-6,10H,2-4H2,1H3,(H,15,16). The van der Waals surface area contributed by atoms with Crippen molar-refractivity contribution >= 4 is 21.7 Å². The van der Waals surface area contributed by atoms with Crippen LogP contribution in [0.2, 0.25) is 0 Å². The first-order valence-corrected chi connectivity index (χ1v) is 6.02. The number of aromatic nitrogens is 1. The van der Waals surface area contributed by atoms with Crippen molar-refractivity contribution in [3.8, 4) is 0 Å². The fraction of sp³-hybridized carbons (Fsp3) is 0.545. The molecule has 16 heavy (non-hydrogen) atoms. The van der Waals surface area contributed by atoms with Gasteiger partial charge in [-0.1, -0.05) is 0 Å². The molecule has 1 N–H and O–H groups in total. The van der Waals surface area contributed by atoms with E-state index in [4.69, 9.17) is 0 Å². The summed E-state index contributed by atoms with van der Waals surface area (Å²) in [4.78, 5) is 4.16. The number of halogens is 3. The maximum atomic E-state index is 12.6. The van der Waals surface area contributed by atoms with Crippen LogP contribution in [-0.4, -0.2) is 10.5 Å². The summed E-state index contributed by atoms with van der Waals surface area (Å²) in [5.74, 6) is 0.520. The van der Waals surface area contributed by atoms with Crippen molar-refractivity contribution < 1.29 is 8.78 Å². The summed E-state index contributed by atoms with van der Waals surface area (Å²) in [6.45, 7) is 2.08. The van der Waals surface area contributed by atoms with Crippen molar-refractivity contribution in [1.82, 2.24) is 4.98 Å². The molecule has 1 aliphatic carbocycles. The van der Waals surface area contributed by atoms with E-state index in [0.29, 0.717) is 10.4 Å². The van der Waals surface area contributed by atoms with Gasteiger partial charge in [0.05, 0.1) is 0 Å². The van der Waals surface area contributed by atoms with Gasteiger partial charge < -0.3 is 5.32 Å². The predicted molar refractivity (Wildman–Crippen MR) is 62.8 cm³/mol. The van der Waals surface area contributed by atoms with E-state index in [-0.39, 0.29) is 11.1 Å². The zero-order chi connectivity index (χ0) is 11.8. The Balaban J connectivity index is 2.20. The van der Waals surface area contributed by atoms with E-state index in [1.807, 2.05) is 0 Å². The molecule has 5 heteroatoms. The number of pyridine rings is 1. The lowest BCUT2D eigenvalue weighted by Crippen LogP contribution is -2.41. The highest BCUT2D eigenvalue weighted by Crippen LogP contribution is 2.35. The first-order chi connectivity index (χ1) is 7.48. The Hall–Kier alpha value is -0.710. The smallest absolute Gasteiger partial charge is 0.264 e. The summed E-state index contributed by atoms with van der Waals surface area (Å²) >= 11 is 3.14. The summed E-state index contributed by atoms with van der Waals surface area (Å²) in [6.07, 6.45) is 0.837. The van der Waals surface area contributed by atoms with E-state index in [1.165, 1.54) is 18.6 Å². The fourth-order valence-electron chi connectivity index (χ4n) is 1.85. The summed E-state index contributed by atoms with van der Waals surface area (Å²) in [5, 5.41) is 3.22. The number of nitrogens with one attached hydrogen (secondary N) is 1. The molecule has 1 aromatic rings. The molecule has 0 bridgehead atoms. The third-order valence-electron chi connectivity index (χ3n) is 2.96. The minimum Gasteiger partial charge on any atom is -0.365 e. The van der Waals surface area contributed by atoms with Crippen LogP contribution < -0.4 is 5.32 Å². The van der Waals surface area contributed by atoms with Crippen LogP contribution in [0.4, 0.5) is 14.6 Å². The Kier molecular flexibility index (Phi) is 3.15. The second kappa shape index (κ2) is 4.28. The van der Waals surface area contributed by atoms with Gasteiger partial charge >= 0.3 is 0 Å². The van der Waals surface area contributed by atoms with Gasteiger partial charge in [-0.05, 0) is 54.2 Å². The van der Waals surface area contributed by atoms with E-state index < -0.39 is 6.43 Å². The molecule has 0 spiro atoms. The highest BCUT2D eigenvalue weighted by Gasteiger charge is 2.31. The summed E-state index contributed by atoms with van der Waals surface area (Å²) in [5.41, 5.74) is 0.0139. The lowest BCUT2D eigenvalue weighted by atomic mass is 9.78. The number of hydrogen-bond acceptors (Lipinski definition) is 2. The molecule has 0 atom stereocenters. The van der Waals surface area contributed by atoms with Crippen LogP contribution in [0.3, 0.4) is 0 Å². The Morgan fingerprint density at radius 1 is 1.44 bits per heavy atom. The normalized spacial score (nSPS) is 18.3. The molecule has 0 aromatic carbocycles. The molecule has 1 saturated carbocycles. The van der Waals surface area contributed by atoms with Gasteiger partial charge in [0.2, 0.25) is 0 Å². The van der Waals surface area contributed by atoms with E-state index >= 15 is 0 Å². The van der Waals surface area contributed by atoms with Crippen molar-refractivity contribution in [2.45, 2.75) is 38.2 Å². The molecule has 2 rings (SSSR count). The lowest BCUT2D eigenvalue weighted by Gasteiger charge is -2.39. The van der Waals surface area contributed by atoms with Crippen LogP contribution in [-0.2, 0) is 0 Å². The summed E-state index contributed by atoms with van der Waals surface area (Å²) in [7, 11) is 0. The average molecular weight is 291 g/mol. The molecule has 0 amide bonds. The minimum atomic E-state index is -2.46. The second-order valence-electron chi connectivity index (χ2n) is 4.45. The van der Waals surface area contributed by atoms with Crippen molar-refractivity contribution in [3.05, 3.63) is 22.3 Å². The number of nitrogens with zero attached hydrogens (tertiary/aromatic N) is 1. The third-order valence-corrected chi connectivity index (χ3v) is 3.36. The van der Waals surface area contributed by atoms with E-state index in [9.17, 15) is 8.78 Å². The van der Waals surface area contributed by atoms with Crippen molar-refractivity contribution in [2.75, 3.05) is 5.32 Å². The summed E-state index contributed by atoms with van der Waals surface area (Å²) < 4.78 is 25.6. The maximum absolute atomic E-state index is 12.6. The number of alkyl halides is 2. The van der Waals surface area contributed by atoms with Gasteiger partial charge in [-0.15, -0.1) is 0 Å². The van der Waals surface area contributed by atoms with E-state index in [0.717, 1.165) is 12.8 Å². The Morgan fingerprint density at radius 3 is 2.62 bits per heavy atom. The van der Waals surface area contributed by atoms with Gasteiger partial charge in [0.15, 0.2) is 0 Å². The molecule has 0 unspecified atom stereocenters. The van der Waals surface area contributed by atoms with Crippen molar-refractivity contribution in [2.24, 2.45) is 0 Å². The molecule has 1 heterocycles. The number of hydrogen-bond donors (Lipinski definition) is 1. The Bertz CT molecular complexity index is 392. The average Bonchev–Trinajstić information content (AvgIpc) is 2.14. The Labute approximate surface area is 102 Å². The zero-order valence-electron chi connectivity index (χ0n) is 8.93. The van der Waals surface area contributed by atoms with Crippen LogP contribution in [0.5, 0.6) is 0 Å². The molecular weight excluding hydrogens is 278 g/mol. The van der Waals surface area contributed by atoms with Crippen LogP contribution in [0.1, 0.15) is 38.2 Å². The largest absolute Gasteiger partial charge is 0.365 e. The fourth-order valence-corrected chi connectivity index (χ4v) is 2.30. The lowest BCUT2D eigenvalue weighted by molar-refractivity contribution is 0.151. The van der Waals surface area contributed by atoms with Gasteiger partial charge in [-0.2, -0.15) is 0 Å². The number of rotatable bonds is 3. The topological polar surface area (TPSA) is 24.9 Å². The maximum Gasteiger partial charge on any atom is 0.264 e. The first kappa shape index (κ1) is 11.8. The van der Waals surface area contributed by atoms with Gasteiger partial charge in [-0.25, -0.2) is 13.8 Å². The van der Waals surface area contributed by atoms with Gasteiger partial charge in [0, 0.05) is 11.1 Å². The molecule has 2 nitrogen and oxygen atoms in total. The monoisotopic (exact) mass is 290 g/mol. The van der Waals surface area contributed by atoms with Gasteiger partial charge in [-0.3, -0.25) is 0 Å². The molecular formula is C11H13BrF2N2. The molecule has 88 valence electrons. The van der Waals surface area contributed by atoms with E-state index in [2.05, 4.69) is 33.2 Å². The molecule has 1 aromatic heterocycles. The molecule has 1 fully saturated rings. The van der Waals surface area contributed by atoms with Gasteiger partial charge in [0.25, 0.3) is 6.43 Å². The highest BCUT2D eigenvalue weighted by atomic mass is 79.9. The number of anilines is 1. The quantitative estimate of drug-likeness (QED) is 0.847.